The van der Waals surface area contributed by atoms with E-state index in [9.17, 15) is 19.7 Å². The zero-order chi connectivity index (χ0) is 18.8. The quantitative estimate of drug-likeness (QED) is 0.327. The Hall–Kier alpha value is -3.55. The van der Waals surface area contributed by atoms with Gasteiger partial charge in [-0.05, 0) is 36.2 Å². The van der Waals surface area contributed by atoms with Crippen molar-refractivity contribution in [3.8, 4) is 0 Å². The summed E-state index contributed by atoms with van der Waals surface area (Å²) in [6, 6.07) is 14.6. The summed E-state index contributed by atoms with van der Waals surface area (Å²) in [6.07, 6.45) is 2.10. The van der Waals surface area contributed by atoms with Gasteiger partial charge in [-0.2, -0.15) is 5.10 Å². The van der Waals surface area contributed by atoms with Gasteiger partial charge in [-0.25, -0.2) is 5.43 Å². The summed E-state index contributed by atoms with van der Waals surface area (Å²) in [5.41, 5.74) is 3.57. The number of hydrogen-bond acceptors (Lipinski definition) is 5. The van der Waals surface area contributed by atoms with E-state index < -0.39 is 4.92 Å². The van der Waals surface area contributed by atoms with Gasteiger partial charge in [0, 0.05) is 30.7 Å². The average molecular weight is 354 g/mol. The van der Waals surface area contributed by atoms with Gasteiger partial charge in [0.15, 0.2) is 0 Å². The largest absolute Gasteiger partial charge is 0.352 e. The summed E-state index contributed by atoms with van der Waals surface area (Å²) in [5, 5.41) is 17.1. The molecule has 2 N–H and O–H groups in total. The van der Waals surface area contributed by atoms with E-state index >= 15 is 0 Å². The Morgan fingerprint density at radius 2 is 1.77 bits per heavy atom. The topological polar surface area (TPSA) is 114 Å². The van der Waals surface area contributed by atoms with Crippen molar-refractivity contribution in [2.75, 3.05) is 6.54 Å². The molecule has 0 unspecified atom stereocenters. The van der Waals surface area contributed by atoms with Gasteiger partial charge in [-0.15, -0.1) is 0 Å². The number of nitro groups is 1. The van der Waals surface area contributed by atoms with E-state index in [-0.39, 0.29) is 23.9 Å². The zero-order valence-electron chi connectivity index (χ0n) is 13.9. The van der Waals surface area contributed by atoms with Gasteiger partial charge in [0.25, 0.3) is 11.6 Å². The molecule has 0 heterocycles. The molecule has 0 aliphatic carbocycles. The van der Waals surface area contributed by atoms with Crippen LogP contribution < -0.4 is 10.7 Å². The maximum Gasteiger partial charge on any atom is 0.269 e. The van der Waals surface area contributed by atoms with E-state index in [1.54, 1.807) is 24.3 Å². The predicted molar refractivity (Wildman–Crippen MR) is 96.8 cm³/mol. The van der Waals surface area contributed by atoms with E-state index in [1.165, 1.54) is 30.5 Å². The van der Waals surface area contributed by atoms with Crippen LogP contribution in [0.2, 0.25) is 0 Å². The average Bonchev–Trinajstić information content (AvgIpc) is 2.66. The van der Waals surface area contributed by atoms with E-state index in [1.807, 2.05) is 6.07 Å². The minimum absolute atomic E-state index is 0.0104. The standard InChI is InChI=1S/C18H18N4O4/c23-17(7-4-12-19-18(24)15-5-2-1-3-6-15)21-20-13-14-8-10-16(11-9-14)22(25)26/h1-3,5-6,8-11,13H,4,7,12H2,(H,19,24)(H,21,23). The van der Waals surface area contributed by atoms with E-state index in [0.717, 1.165) is 0 Å². The van der Waals surface area contributed by atoms with Gasteiger partial charge >= 0.3 is 0 Å². The fourth-order valence-electron chi connectivity index (χ4n) is 2.06. The lowest BCUT2D eigenvalue weighted by Crippen LogP contribution is -2.26. The van der Waals surface area contributed by atoms with Crippen LogP contribution in [0, 0.1) is 10.1 Å². The molecule has 8 nitrogen and oxygen atoms in total. The molecule has 134 valence electrons. The van der Waals surface area contributed by atoms with Gasteiger partial charge in [0.05, 0.1) is 11.1 Å². The molecule has 2 amide bonds. The van der Waals surface area contributed by atoms with Crippen LogP contribution in [0.3, 0.4) is 0 Å². The maximum atomic E-state index is 11.8. The number of hydrogen-bond donors (Lipinski definition) is 2. The number of non-ortho nitro benzene ring substituents is 1. The Morgan fingerprint density at radius 3 is 2.42 bits per heavy atom. The van der Waals surface area contributed by atoms with E-state index in [0.29, 0.717) is 24.1 Å². The van der Waals surface area contributed by atoms with Gasteiger partial charge in [-0.3, -0.25) is 19.7 Å². The minimum Gasteiger partial charge on any atom is -0.352 e. The molecule has 0 aliphatic heterocycles. The van der Waals surface area contributed by atoms with Crippen molar-refractivity contribution in [1.82, 2.24) is 10.7 Å². The third-order valence-electron chi connectivity index (χ3n) is 3.41. The van der Waals surface area contributed by atoms with Crippen molar-refractivity contribution in [1.29, 1.82) is 0 Å². The summed E-state index contributed by atoms with van der Waals surface area (Å²) in [5.74, 6) is -0.459. The fourth-order valence-corrected chi connectivity index (χ4v) is 2.06. The second-order valence-electron chi connectivity index (χ2n) is 5.37. The second-order valence-corrected chi connectivity index (χ2v) is 5.37. The molecule has 2 rings (SSSR count). The smallest absolute Gasteiger partial charge is 0.269 e. The molecule has 2 aromatic carbocycles. The van der Waals surface area contributed by atoms with Crippen molar-refractivity contribution in [3.63, 3.8) is 0 Å². The maximum absolute atomic E-state index is 11.8. The number of hydrazone groups is 1. The number of carbonyl (C=O) groups excluding carboxylic acids is 2. The second kappa shape index (κ2) is 9.67. The molecule has 8 heteroatoms. The van der Waals surface area contributed by atoms with Crippen LogP contribution in [0.5, 0.6) is 0 Å². The summed E-state index contributed by atoms with van der Waals surface area (Å²) >= 11 is 0. The highest BCUT2D eigenvalue weighted by molar-refractivity contribution is 5.94. The molecule has 0 radical (unpaired) electrons. The van der Waals surface area contributed by atoms with E-state index in [2.05, 4.69) is 15.8 Å². The highest BCUT2D eigenvalue weighted by atomic mass is 16.6. The summed E-state index contributed by atoms with van der Waals surface area (Å²) < 4.78 is 0. The first kappa shape index (κ1) is 18.8. The predicted octanol–water partition coefficient (Wildman–Crippen LogP) is 2.26. The normalized spacial score (nSPS) is 10.5. The summed E-state index contributed by atoms with van der Waals surface area (Å²) in [7, 11) is 0. The van der Waals surface area contributed by atoms with Crippen molar-refractivity contribution in [2.45, 2.75) is 12.8 Å². The van der Waals surface area contributed by atoms with Gasteiger partial charge in [-0.1, -0.05) is 18.2 Å². The molecular formula is C18H18N4O4. The van der Waals surface area contributed by atoms with Crippen molar-refractivity contribution in [3.05, 3.63) is 75.8 Å². The molecule has 0 fully saturated rings. The van der Waals surface area contributed by atoms with E-state index in [4.69, 9.17) is 0 Å². The van der Waals surface area contributed by atoms with Crippen LogP contribution in [-0.2, 0) is 4.79 Å². The number of rotatable bonds is 8. The number of nitro benzene ring substituents is 1. The first-order chi connectivity index (χ1) is 12.6. The molecule has 0 spiro atoms. The number of carbonyl (C=O) groups is 2. The van der Waals surface area contributed by atoms with Crippen LogP contribution in [0.25, 0.3) is 0 Å². The van der Waals surface area contributed by atoms with Crippen LogP contribution >= 0.6 is 0 Å². The van der Waals surface area contributed by atoms with Crippen LogP contribution in [0.4, 0.5) is 5.69 Å². The van der Waals surface area contributed by atoms with Crippen LogP contribution in [0.1, 0.15) is 28.8 Å². The molecule has 0 saturated carbocycles. The van der Waals surface area contributed by atoms with Crippen molar-refractivity contribution < 1.29 is 14.5 Å². The summed E-state index contributed by atoms with van der Waals surface area (Å²) in [6.45, 7) is 0.382. The molecule has 26 heavy (non-hydrogen) atoms. The molecule has 0 aliphatic rings. The van der Waals surface area contributed by atoms with Crippen LogP contribution in [0.15, 0.2) is 59.7 Å². The number of nitrogens with one attached hydrogen (secondary N) is 2. The third-order valence-corrected chi connectivity index (χ3v) is 3.41. The highest BCUT2D eigenvalue weighted by Gasteiger charge is 2.05. The molecule has 0 aromatic heterocycles. The summed E-state index contributed by atoms with van der Waals surface area (Å²) in [4.78, 5) is 33.5. The highest BCUT2D eigenvalue weighted by Crippen LogP contribution is 2.10. The molecule has 0 bridgehead atoms. The van der Waals surface area contributed by atoms with Crippen LogP contribution in [-0.4, -0.2) is 29.5 Å². The Morgan fingerprint density at radius 1 is 1.08 bits per heavy atom. The van der Waals surface area contributed by atoms with Crippen molar-refractivity contribution >= 4 is 23.7 Å². The Balaban J connectivity index is 1.65. The first-order valence-corrected chi connectivity index (χ1v) is 7.96. The molecule has 0 atom stereocenters. The van der Waals surface area contributed by atoms with Gasteiger partial charge in [0.1, 0.15) is 0 Å². The Bertz CT molecular complexity index is 789. The van der Waals surface area contributed by atoms with Crippen molar-refractivity contribution in [2.24, 2.45) is 5.10 Å². The Labute approximate surface area is 150 Å². The number of nitrogens with zero attached hydrogens (tertiary/aromatic N) is 2. The lowest BCUT2D eigenvalue weighted by molar-refractivity contribution is -0.384. The van der Waals surface area contributed by atoms with Gasteiger partial charge < -0.3 is 5.32 Å². The SMILES string of the molecule is O=C(CCCNC(=O)c1ccccc1)NN=Cc1ccc([N+](=O)[O-])cc1. The third kappa shape index (κ3) is 6.16. The van der Waals surface area contributed by atoms with Gasteiger partial charge in [0.2, 0.25) is 5.91 Å². The monoisotopic (exact) mass is 354 g/mol. The molecule has 0 saturated heterocycles. The molecule has 2 aromatic rings. The lowest BCUT2D eigenvalue weighted by Gasteiger charge is -2.04. The first-order valence-electron chi connectivity index (χ1n) is 7.96. The Kier molecular flexibility index (Phi) is 6.99. The minimum atomic E-state index is -0.487. The number of amides is 2. The lowest BCUT2D eigenvalue weighted by atomic mass is 10.2. The molecular weight excluding hydrogens is 336 g/mol. The number of benzene rings is 2. The zero-order valence-corrected chi connectivity index (χ0v) is 13.9. The fraction of sp³-hybridized carbons (Fsp3) is 0.167.